The molecule has 3 aromatic carbocycles. The number of para-hydroxylation sites is 1. The lowest BCUT2D eigenvalue weighted by Crippen LogP contribution is -2.54. The van der Waals surface area contributed by atoms with Gasteiger partial charge in [-0.25, -0.2) is 12.8 Å². The SMILES string of the molecule is Cc1cc(C(=O)N2CCN(C(=O)C(C)(C)c3ccc(F)cc3)CC2)ccc1NS(=O)(=O)c1cccc2c1N=CCC2. The number of amides is 2. The van der Waals surface area contributed by atoms with Crippen LogP contribution >= 0.6 is 0 Å². The van der Waals surface area contributed by atoms with Crippen molar-refractivity contribution in [2.24, 2.45) is 4.99 Å². The van der Waals surface area contributed by atoms with E-state index in [-0.39, 0.29) is 22.5 Å². The molecule has 2 amide bonds. The fourth-order valence-corrected chi connectivity index (χ4v) is 6.62. The molecule has 41 heavy (non-hydrogen) atoms. The number of benzene rings is 3. The van der Waals surface area contributed by atoms with Gasteiger partial charge < -0.3 is 9.80 Å². The predicted molar refractivity (Wildman–Crippen MR) is 157 cm³/mol. The summed E-state index contributed by atoms with van der Waals surface area (Å²) in [7, 11) is -3.89. The quantitative estimate of drug-likeness (QED) is 0.454. The van der Waals surface area contributed by atoms with Crippen molar-refractivity contribution in [1.82, 2.24) is 9.80 Å². The van der Waals surface area contributed by atoms with E-state index < -0.39 is 15.4 Å². The Bertz CT molecular complexity index is 1630. The average Bonchev–Trinajstić information content (AvgIpc) is 2.97. The third-order valence-corrected chi connectivity index (χ3v) is 9.20. The minimum absolute atomic E-state index is 0.0749. The first kappa shape index (κ1) is 28.5. The van der Waals surface area contributed by atoms with E-state index in [1.807, 2.05) is 19.9 Å². The van der Waals surface area contributed by atoms with Gasteiger partial charge in [0.15, 0.2) is 0 Å². The first-order valence-corrected chi connectivity index (χ1v) is 15.1. The summed E-state index contributed by atoms with van der Waals surface area (Å²) in [6, 6.07) is 16.0. The zero-order valence-electron chi connectivity index (χ0n) is 23.4. The number of piperazine rings is 1. The van der Waals surface area contributed by atoms with E-state index in [2.05, 4.69) is 9.71 Å². The highest BCUT2D eigenvalue weighted by molar-refractivity contribution is 7.92. The minimum Gasteiger partial charge on any atom is -0.338 e. The van der Waals surface area contributed by atoms with E-state index in [1.165, 1.54) is 12.1 Å². The number of carbonyl (C=O) groups is 2. The van der Waals surface area contributed by atoms with Gasteiger partial charge in [-0.1, -0.05) is 24.3 Å². The standard InChI is InChI=1S/C31H33FN4O4S/c1-21-20-23(9-14-26(21)34-41(39,40)27-8-4-6-22-7-5-15-33-28(22)27)29(37)35-16-18-36(19-17-35)30(38)31(2,3)24-10-12-25(32)13-11-24/h4,6,8-15,20,34H,5,7,16-19H2,1-3H3. The van der Waals surface area contributed by atoms with Gasteiger partial charge in [-0.15, -0.1) is 0 Å². The maximum Gasteiger partial charge on any atom is 0.264 e. The number of halogens is 1. The van der Waals surface area contributed by atoms with Crippen LogP contribution in [-0.2, 0) is 26.7 Å². The number of sulfonamides is 1. The van der Waals surface area contributed by atoms with Crippen molar-refractivity contribution in [2.45, 2.75) is 43.9 Å². The van der Waals surface area contributed by atoms with Gasteiger partial charge in [0.1, 0.15) is 10.7 Å². The Hall–Kier alpha value is -4.05. The first-order chi connectivity index (χ1) is 19.5. The molecule has 3 aromatic rings. The molecule has 0 saturated carbocycles. The number of hydrogen-bond donors (Lipinski definition) is 1. The summed E-state index contributed by atoms with van der Waals surface area (Å²) < 4.78 is 42.5. The van der Waals surface area contributed by atoms with Crippen molar-refractivity contribution >= 4 is 39.4 Å². The molecule has 0 atom stereocenters. The molecule has 0 spiro atoms. The molecular formula is C31H33FN4O4S. The van der Waals surface area contributed by atoms with E-state index >= 15 is 0 Å². The monoisotopic (exact) mass is 576 g/mol. The summed E-state index contributed by atoms with van der Waals surface area (Å²) in [5.74, 6) is -0.609. The van der Waals surface area contributed by atoms with E-state index in [1.54, 1.807) is 65.4 Å². The number of nitrogens with zero attached hydrogens (tertiary/aromatic N) is 3. The molecule has 5 rings (SSSR count). The summed E-state index contributed by atoms with van der Waals surface area (Å²) in [5.41, 5.74) is 2.71. The number of anilines is 1. The molecule has 1 fully saturated rings. The van der Waals surface area contributed by atoms with Crippen LogP contribution in [0.4, 0.5) is 15.8 Å². The molecule has 0 aliphatic carbocycles. The third-order valence-electron chi connectivity index (χ3n) is 7.81. The largest absolute Gasteiger partial charge is 0.338 e. The topological polar surface area (TPSA) is 99.1 Å². The van der Waals surface area contributed by atoms with Gasteiger partial charge >= 0.3 is 0 Å². The first-order valence-electron chi connectivity index (χ1n) is 13.6. The van der Waals surface area contributed by atoms with Crippen LogP contribution in [-0.4, -0.2) is 62.4 Å². The Balaban J connectivity index is 1.24. The molecule has 10 heteroatoms. The van der Waals surface area contributed by atoms with Crippen LogP contribution in [0.1, 0.15) is 47.3 Å². The highest BCUT2D eigenvalue weighted by Crippen LogP contribution is 2.33. The Labute approximate surface area is 239 Å². The molecule has 1 N–H and O–H groups in total. The smallest absolute Gasteiger partial charge is 0.264 e. The summed E-state index contributed by atoms with van der Waals surface area (Å²) in [6.45, 7) is 6.90. The molecule has 0 bridgehead atoms. The van der Waals surface area contributed by atoms with Gasteiger partial charge in [0.25, 0.3) is 15.9 Å². The van der Waals surface area contributed by atoms with Gasteiger partial charge in [0, 0.05) is 38.0 Å². The second-order valence-corrected chi connectivity index (χ2v) is 12.6. The second kappa shape index (κ2) is 11.1. The summed E-state index contributed by atoms with van der Waals surface area (Å²) >= 11 is 0. The molecule has 1 saturated heterocycles. The number of hydrogen-bond acceptors (Lipinski definition) is 5. The summed E-state index contributed by atoms with van der Waals surface area (Å²) in [6.07, 6.45) is 3.25. The van der Waals surface area contributed by atoms with Gasteiger partial charge in [0.05, 0.1) is 16.8 Å². The summed E-state index contributed by atoms with van der Waals surface area (Å²) in [5, 5.41) is 0. The molecule has 2 aliphatic rings. The van der Waals surface area contributed by atoms with Gasteiger partial charge in [-0.2, -0.15) is 0 Å². The molecule has 2 heterocycles. The number of carbonyl (C=O) groups excluding carboxylic acids is 2. The van der Waals surface area contributed by atoms with Crippen molar-refractivity contribution in [3.8, 4) is 0 Å². The van der Waals surface area contributed by atoms with Crippen LogP contribution in [0.3, 0.4) is 0 Å². The Morgan fingerprint density at radius 1 is 0.951 bits per heavy atom. The molecule has 214 valence electrons. The molecule has 0 unspecified atom stereocenters. The van der Waals surface area contributed by atoms with Crippen molar-refractivity contribution in [3.63, 3.8) is 0 Å². The zero-order valence-corrected chi connectivity index (χ0v) is 24.2. The van der Waals surface area contributed by atoms with Gasteiger partial charge in [0.2, 0.25) is 5.91 Å². The highest BCUT2D eigenvalue weighted by Gasteiger charge is 2.36. The number of fused-ring (bicyclic) bond motifs is 1. The molecule has 8 nitrogen and oxygen atoms in total. The average molecular weight is 577 g/mol. The molecule has 2 aliphatic heterocycles. The van der Waals surface area contributed by atoms with Crippen molar-refractivity contribution in [1.29, 1.82) is 0 Å². The summed E-state index contributed by atoms with van der Waals surface area (Å²) in [4.78, 5) is 34.5. The van der Waals surface area contributed by atoms with Crippen molar-refractivity contribution in [2.75, 3.05) is 30.9 Å². The Morgan fingerprint density at radius 3 is 2.32 bits per heavy atom. The minimum atomic E-state index is -3.89. The van der Waals surface area contributed by atoms with Gasteiger partial charge in [-0.05, 0) is 86.7 Å². The zero-order chi connectivity index (χ0) is 29.4. The van der Waals surface area contributed by atoms with Crippen LogP contribution in [0.2, 0.25) is 0 Å². The maximum atomic E-state index is 13.4. The van der Waals surface area contributed by atoms with Crippen molar-refractivity contribution < 1.29 is 22.4 Å². The number of aryl methyl sites for hydroxylation is 2. The Morgan fingerprint density at radius 2 is 1.63 bits per heavy atom. The number of nitrogens with one attached hydrogen (secondary N) is 1. The normalized spacial score (nSPS) is 15.4. The molecule has 0 aromatic heterocycles. The highest BCUT2D eigenvalue weighted by atomic mass is 32.2. The van der Waals surface area contributed by atoms with E-state index in [4.69, 9.17) is 0 Å². The van der Waals surface area contributed by atoms with Gasteiger partial charge in [-0.3, -0.25) is 19.3 Å². The van der Waals surface area contributed by atoms with E-state index in [0.29, 0.717) is 48.7 Å². The van der Waals surface area contributed by atoms with Crippen LogP contribution < -0.4 is 4.72 Å². The van der Waals surface area contributed by atoms with Crippen LogP contribution in [0.5, 0.6) is 0 Å². The predicted octanol–water partition coefficient (Wildman–Crippen LogP) is 4.85. The fourth-order valence-electron chi connectivity index (χ4n) is 5.30. The van der Waals surface area contributed by atoms with Crippen LogP contribution in [0.15, 0.2) is 70.6 Å². The molecular weight excluding hydrogens is 543 g/mol. The third kappa shape index (κ3) is 5.74. The lowest BCUT2D eigenvalue weighted by Gasteiger charge is -2.39. The van der Waals surface area contributed by atoms with Crippen LogP contribution in [0.25, 0.3) is 0 Å². The van der Waals surface area contributed by atoms with E-state index in [9.17, 15) is 22.4 Å². The Kier molecular flexibility index (Phi) is 7.70. The number of rotatable bonds is 6. The molecule has 0 radical (unpaired) electrons. The maximum absolute atomic E-state index is 13.4. The fraction of sp³-hybridized carbons (Fsp3) is 0.323. The van der Waals surface area contributed by atoms with Crippen molar-refractivity contribution in [3.05, 3.63) is 88.7 Å². The van der Waals surface area contributed by atoms with E-state index in [0.717, 1.165) is 24.0 Å². The number of aliphatic imine (C=N–C) groups is 1. The second-order valence-electron chi connectivity index (χ2n) is 11.0. The van der Waals surface area contributed by atoms with Crippen LogP contribution in [0, 0.1) is 12.7 Å². The lowest BCUT2D eigenvalue weighted by atomic mass is 9.83. The lowest BCUT2D eigenvalue weighted by molar-refractivity contribution is -0.137.